The molecule has 2 radical (unpaired) electrons. The molecular weight excluding hydrogens is 393 g/mol. The number of benzene rings is 1. The van der Waals surface area contributed by atoms with Crippen molar-refractivity contribution in [2.24, 2.45) is 5.92 Å². The van der Waals surface area contributed by atoms with Crippen LogP contribution in [-0.4, -0.2) is 47.8 Å². The fourth-order valence-corrected chi connectivity index (χ4v) is 3.52. The second-order valence-electron chi connectivity index (χ2n) is 7.64. The molecule has 0 saturated carbocycles. The van der Waals surface area contributed by atoms with Crippen molar-refractivity contribution in [3.05, 3.63) is 33.8 Å². The zero-order valence-corrected chi connectivity index (χ0v) is 17.2. The van der Waals surface area contributed by atoms with Gasteiger partial charge in [0.15, 0.2) is 5.78 Å². The van der Waals surface area contributed by atoms with Gasteiger partial charge in [-0.15, -0.1) is 0 Å². The SMILES string of the molecule is [B]c1cc2ncn(CC(=O)CC3NCCCC3OC(=O)C(C)C)c(=O)c2cc1Cl. The van der Waals surface area contributed by atoms with Crippen molar-refractivity contribution < 1.29 is 14.3 Å². The van der Waals surface area contributed by atoms with E-state index in [1.54, 1.807) is 13.8 Å². The lowest BCUT2D eigenvalue weighted by Crippen LogP contribution is -2.48. The molecule has 3 rings (SSSR count). The number of rotatable bonds is 6. The van der Waals surface area contributed by atoms with Gasteiger partial charge in [-0.2, -0.15) is 0 Å². The zero-order chi connectivity index (χ0) is 21.1. The average molecular weight is 416 g/mol. The molecule has 2 aromatic rings. The van der Waals surface area contributed by atoms with Crippen molar-refractivity contribution in [3.8, 4) is 0 Å². The first-order valence-corrected chi connectivity index (χ1v) is 10.0. The lowest BCUT2D eigenvalue weighted by Gasteiger charge is -2.32. The number of aromatic nitrogens is 2. The topological polar surface area (TPSA) is 90.3 Å². The first kappa shape index (κ1) is 21.5. The van der Waals surface area contributed by atoms with E-state index in [4.69, 9.17) is 24.2 Å². The van der Waals surface area contributed by atoms with E-state index in [1.165, 1.54) is 23.0 Å². The predicted molar refractivity (Wildman–Crippen MR) is 112 cm³/mol. The van der Waals surface area contributed by atoms with Gasteiger partial charge in [0.05, 0.1) is 35.7 Å². The highest BCUT2D eigenvalue weighted by Gasteiger charge is 2.30. The van der Waals surface area contributed by atoms with Gasteiger partial charge < -0.3 is 10.1 Å². The molecule has 1 N–H and O–H groups in total. The van der Waals surface area contributed by atoms with Crippen LogP contribution in [0.1, 0.15) is 33.1 Å². The number of piperidine rings is 1. The number of hydrogen-bond acceptors (Lipinski definition) is 6. The van der Waals surface area contributed by atoms with Crippen LogP contribution in [0.15, 0.2) is 23.3 Å². The second kappa shape index (κ2) is 9.09. The van der Waals surface area contributed by atoms with Gasteiger partial charge in [0, 0.05) is 11.4 Å². The number of esters is 1. The minimum atomic E-state index is -0.357. The molecule has 0 aliphatic carbocycles. The molecule has 2 unspecified atom stereocenters. The van der Waals surface area contributed by atoms with Crippen molar-refractivity contribution in [3.63, 3.8) is 0 Å². The number of ketones is 1. The third-order valence-corrected chi connectivity index (χ3v) is 5.32. The van der Waals surface area contributed by atoms with Gasteiger partial charge >= 0.3 is 5.97 Å². The number of fused-ring (bicyclic) bond motifs is 1. The molecule has 0 bridgehead atoms. The molecular formula is C20H23BClN3O4. The maximum Gasteiger partial charge on any atom is 0.308 e. The van der Waals surface area contributed by atoms with Gasteiger partial charge in [0.2, 0.25) is 0 Å². The third-order valence-electron chi connectivity index (χ3n) is 5.00. The van der Waals surface area contributed by atoms with Crippen molar-refractivity contribution in [1.29, 1.82) is 0 Å². The van der Waals surface area contributed by atoms with Gasteiger partial charge in [-0.3, -0.25) is 19.0 Å². The van der Waals surface area contributed by atoms with E-state index < -0.39 is 0 Å². The molecule has 29 heavy (non-hydrogen) atoms. The summed E-state index contributed by atoms with van der Waals surface area (Å²) < 4.78 is 6.82. The third kappa shape index (κ3) is 5.06. The first-order valence-electron chi connectivity index (χ1n) is 9.66. The Hall–Kier alpha value is -2.19. The monoisotopic (exact) mass is 415 g/mol. The highest BCUT2D eigenvalue weighted by Crippen LogP contribution is 2.18. The standard InChI is InChI=1S/C20H23BClN3O4/c1-11(2)20(28)29-18-4-3-5-23-17(18)6-12(26)9-25-10-24-16-8-14(21)15(22)7-13(16)19(25)27/h7-8,10-11,17-18,23H,3-6,9H2,1-2H3. The molecule has 1 fully saturated rings. The number of nitrogens with one attached hydrogen (secondary N) is 1. The smallest absolute Gasteiger partial charge is 0.308 e. The van der Waals surface area contributed by atoms with Gasteiger partial charge in [-0.1, -0.05) is 30.9 Å². The van der Waals surface area contributed by atoms with Crippen LogP contribution in [0.2, 0.25) is 5.02 Å². The Morgan fingerprint density at radius 1 is 1.41 bits per heavy atom. The second-order valence-corrected chi connectivity index (χ2v) is 8.05. The van der Waals surface area contributed by atoms with Crippen LogP contribution < -0.4 is 16.3 Å². The summed E-state index contributed by atoms with van der Waals surface area (Å²) in [4.78, 5) is 41.5. The van der Waals surface area contributed by atoms with Crippen LogP contribution in [0.25, 0.3) is 10.9 Å². The molecule has 1 aliphatic heterocycles. The maximum absolute atomic E-state index is 12.7. The first-order chi connectivity index (χ1) is 13.8. The van der Waals surface area contributed by atoms with E-state index in [0.29, 0.717) is 22.8 Å². The van der Waals surface area contributed by atoms with E-state index >= 15 is 0 Å². The molecule has 1 aromatic carbocycles. The van der Waals surface area contributed by atoms with Crippen LogP contribution in [0.3, 0.4) is 0 Å². The van der Waals surface area contributed by atoms with Crippen LogP contribution >= 0.6 is 11.6 Å². The number of hydrogen-bond donors (Lipinski definition) is 1. The van der Waals surface area contributed by atoms with Gasteiger partial charge in [0.25, 0.3) is 5.56 Å². The number of carbonyl (C=O) groups is 2. The summed E-state index contributed by atoms with van der Waals surface area (Å²) >= 11 is 6.01. The van der Waals surface area contributed by atoms with E-state index in [1.807, 2.05) is 0 Å². The highest BCUT2D eigenvalue weighted by atomic mass is 35.5. The predicted octanol–water partition coefficient (Wildman–Crippen LogP) is 1.12. The summed E-state index contributed by atoms with van der Waals surface area (Å²) in [6.45, 7) is 4.19. The van der Waals surface area contributed by atoms with E-state index in [0.717, 1.165) is 13.0 Å². The number of ether oxygens (including phenoxy) is 1. The average Bonchev–Trinajstić information content (AvgIpc) is 2.67. The van der Waals surface area contributed by atoms with E-state index in [2.05, 4.69) is 10.3 Å². The fourth-order valence-electron chi connectivity index (χ4n) is 3.36. The van der Waals surface area contributed by atoms with Crippen LogP contribution in [0.5, 0.6) is 0 Å². The Morgan fingerprint density at radius 2 is 2.17 bits per heavy atom. The van der Waals surface area contributed by atoms with Crippen molar-refractivity contribution in [2.75, 3.05) is 6.54 Å². The summed E-state index contributed by atoms with van der Waals surface area (Å²) in [7, 11) is 5.75. The molecule has 9 heteroatoms. The van der Waals surface area contributed by atoms with Crippen LogP contribution in [-0.2, 0) is 20.9 Å². The Morgan fingerprint density at radius 3 is 2.90 bits per heavy atom. The van der Waals surface area contributed by atoms with Crippen molar-refractivity contribution in [2.45, 2.75) is 51.8 Å². The summed E-state index contributed by atoms with van der Waals surface area (Å²) in [5.41, 5.74) is 0.407. The molecule has 2 heterocycles. The molecule has 0 amide bonds. The molecule has 1 aromatic heterocycles. The molecule has 1 aliphatic rings. The lowest BCUT2D eigenvalue weighted by molar-refractivity contribution is -0.156. The summed E-state index contributed by atoms with van der Waals surface area (Å²) in [5.74, 6) is -0.654. The Bertz CT molecular complexity index is 992. The van der Waals surface area contributed by atoms with Crippen molar-refractivity contribution >= 4 is 47.6 Å². The van der Waals surface area contributed by atoms with E-state index in [-0.39, 0.29) is 53.4 Å². The lowest BCUT2D eigenvalue weighted by atomic mass is 9.95. The zero-order valence-electron chi connectivity index (χ0n) is 16.5. The summed E-state index contributed by atoms with van der Waals surface area (Å²) in [5, 5.41) is 3.83. The summed E-state index contributed by atoms with van der Waals surface area (Å²) in [6, 6.07) is 2.73. The molecule has 0 spiro atoms. The molecule has 7 nitrogen and oxygen atoms in total. The van der Waals surface area contributed by atoms with Gasteiger partial charge in [-0.05, 0) is 31.5 Å². The summed E-state index contributed by atoms with van der Waals surface area (Å²) in [6.07, 6.45) is 2.72. The Balaban J connectivity index is 1.72. The fraction of sp³-hybridized carbons (Fsp3) is 0.500. The normalized spacial score (nSPS) is 19.4. The van der Waals surface area contributed by atoms with E-state index in [9.17, 15) is 14.4 Å². The molecule has 1 saturated heterocycles. The minimum absolute atomic E-state index is 0.118. The largest absolute Gasteiger partial charge is 0.460 e. The molecule has 2 atom stereocenters. The van der Waals surface area contributed by atoms with Crippen LogP contribution in [0, 0.1) is 5.92 Å². The van der Waals surface area contributed by atoms with Gasteiger partial charge in [0.1, 0.15) is 14.0 Å². The van der Waals surface area contributed by atoms with Gasteiger partial charge in [-0.25, -0.2) is 4.98 Å². The van der Waals surface area contributed by atoms with Crippen LogP contribution in [0.4, 0.5) is 0 Å². The number of nitrogens with zero attached hydrogens (tertiary/aromatic N) is 2. The number of halogens is 1. The van der Waals surface area contributed by atoms with Crippen molar-refractivity contribution in [1.82, 2.24) is 14.9 Å². The maximum atomic E-state index is 12.7. The minimum Gasteiger partial charge on any atom is -0.460 e. The molecule has 152 valence electrons. The number of carbonyl (C=O) groups excluding carboxylic acids is 2. The number of Topliss-reactive ketones (excluding diaryl/α,β-unsaturated/α-hetero) is 1. The quantitative estimate of drug-likeness (QED) is 0.562. The highest BCUT2D eigenvalue weighted by molar-refractivity contribution is 6.45. The Kier molecular flexibility index (Phi) is 6.75. The Labute approximate surface area is 175 Å².